The molecule has 2 bridgehead atoms. The van der Waals surface area contributed by atoms with E-state index in [-0.39, 0.29) is 12.1 Å². The Morgan fingerprint density at radius 1 is 1.58 bits per heavy atom. The van der Waals surface area contributed by atoms with Crippen LogP contribution in [-0.4, -0.2) is 48.6 Å². The molecule has 0 aromatic carbocycles. The molecule has 3 aliphatic rings. The van der Waals surface area contributed by atoms with Crippen LogP contribution in [0.25, 0.3) is 0 Å². The Kier molecular flexibility index (Phi) is 1.54. The van der Waals surface area contributed by atoms with Gasteiger partial charge >= 0.3 is 6.03 Å². The molecule has 2 aliphatic heterocycles. The SMILES string of the molecule is CN(C)C(=O)N1CC2CC1C2N. The lowest BCUT2D eigenvalue weighted by molar-refractivity contribution is 0.161. The minimum atomic E-state index is 0.107. The number of carbonyl (C=O) groups is 1. The number of urea groups is 1. The highest BCUT2D eigenvalue weighted by molar-refractivity contribution is 5.75. The predicted octanol–water partition coefficient (Wildman–Crippen LogP) is -0.301. The lowest BCUT2D eigenvalue weighted by Crippen LogP contribution is -2.52. The van der Waals surface area contributed by atoms with Crippen molar-refractivity contribution in [2.24, 2.45) is 11.7 Å². The normalized spacial score (nSPS) is 37.9. The molecule has 0 radical (unpaired) electrons. The Balaban J connectivity index is 2.04. The molecule has 0 spiro atoms. The van der Waals surface area contributed by atoms with Gasteiger partial charge in [-0.15, -0.1) is 0 Å². The average molecular weight is 169 g/mol. The second kappa shape index (κ2) is 2.36. The van der Waals surface area contributed by atoms with E-state index in [0.29, 0.717) is 12.0 Å². The van der Waals surface area contributed by atoms with Crippen LogP contribution in [-0.2, 0) is 0 Å². The zero-order chi connectivity index (χ0) is 8.88. The second-order valence-corrected chi connectivity index (χ2v) is 3.97. The zero-order valence-electron chi connectivity index (χ0n) is 7.53. The molecule has 12 heavy (non-hydrogen) atoms. The van der Waals surface area contributed by atoms with Gasteiger partial charge in [0.1, 0.15) is 0 Å². The highest BCUT2D eigenvalue weighted by atomic mass is 16.2. The van der Waals surface area contributed by atoms with E-state index in [9.17, 15) is 4.79 Å². The molecule has 3 unspecified atom stereocenters. The summed E-state index contributed by atoms with van der Waals surface area (Å²) in [5, 5.41) is 0. The van der Waals surface area contributed by atoms with E-state index in [2.05, 4.69) is 0 Å². The van der Waals surface area contributed by atoms with Gasteiger partial charge in [-0.3, -0.25) is 0 Å². The summed E-state index contributed by atoms with van der Waals surface area (Å²) in [6.07, 6.45) is 1.11. The zero-order valence-corrected chi connectivity index (χ0v) is 7.53. The van der Waals surface area contributed by atoms with Crippen LogP contribution in [0.1, 0.15) is 6.42 Å². The topological polar surface area (TPSA) is 49.6 Å². The lowest BCUT2D eigenvalue weighted by atomic mass is 9.81. The van der Waals surface area contributed by atoms with Crippen LogP contribution in [0.5, 0.6) is 0 Å². The molecule has 3 fully saturated rings. The monoisotopic (exact) mass is 169 g/mol. The first-order valence-electron chi connectivity index (χ1n) is 4.34. The predicted molar refractivity (Wildman–Crippen MR) is 45.7 cm³/mol. The highest BCUT2D eigenvalue weighted by Gasteiger charge is 2.52. The van der Waals surface area contributed by atoms with Crippen molar-refractivity contribution in [1.82, 2.24) is 9.80 Å². The Labute approximate surface area is 72.3 Å². The van der Waals surface area contributed by atoms with Crippen molar-refractivity contribution in [1.29, 1.82) is 0 Å². The van der Waals surface area contributed by atoms with Gasteiger partial charge < -0.3 is 15.5 Å². The number of amides is 2. The first kappa shape index (κ1) is 7.86. The van der Waals surface area contributed by atoms with E-state index in [1.54, 1.807) is 19.0 Å². The van der Waals surface area contributed by atoms with Crippen LogP contribution in [0.4, 0.5) is 4.79 Å². The molecular weight excluding hydrogens is 154 g/mol. The molecule has 0 aromatic heterocycles. The Morgan fingerprint density at radius 3 is 2.58 bits per heavy atom. The van der Waals surface area contributed by atoms with Gasteiger partial charge in [0.15, 0.2) is 0 Å². The van der Waals surface area contributed by atoms with Gasteiger partial charge in [0.05, 0.1) is 0 Å². The lowest BCUT2D eigenvalue weighted by Gasteiger charge is -2.33. The quantitative estimate of drug-likeness (QED) is 0.541. The van der Waals surface area contributed by atoms with Crippen LogP contribution in [0.2, 0.25) is 0 Å². The smallest absolute Gasteiger partial charge is 0.319 e. The summed E-state index contributed by atoms with van der Waals surface area (Å²) in [4.78, 5) is 15.0. The molecular formula is C8H15N3O. The van der Waals surface area contributed by atoms with Crippen molar-refractivity contribution in [3.8, 4) is 0 Å². The van der Waals surface area contributed by atoms with Crippen molar-refractivity contribution < 1.29 is 4.79 Å². The van der Waals surface area contributed by atoms with Gasteiger partial charge in [0.25, 0.3) is 0 Å². The van der Waals surface area contributed by atoms with Gasteiger partial charge in [0.2, 0.25) is 0 Å². The maximum Gasteiger partial charge on any atom is 0.319 e. The summed E-state index contributed by atoms with van der Waals surface area (Å²) in [6, 6.07) is 0.675. The largest absolute Gasteiger partial charge is 0.331 e. The second-order valence-electron chi connectivity index (χ2n) is 3.97. The maximum absolute atomic E-state index is 11.5. The molecule has 3 atom stereocenters. The molecule has 1 saturated carbocycles. The van der Waals surface area contributed by atoms with Gasteiger partial charge in [-0.05, 0) is 12.3 Å². The average Bonchev–Trinajstić information content (AvgIpc) is 2.57. The molecule has 2 N–H and O–H groups in total. The molecule has 3 rings (SSSR count). The summed E-state index contributed by atoms with van der Waals surface area (Å²) >= 11 is 0. The Hall–Kier alpha value is -0.770. The summed E-state index contributed by atoms with van der Waals surface area (Å²) in [7, 11) is 3.56. The van der Waals surface area contributed by atoms with Gasteiger partial charge in [-0.2, -0.15) is 0 Å². The number of hydrogen-bond acceptors (Lipinski definition) is 2. The molecule has 4 heteroatoms. The fraction of sp³-hybridized carbons (Fsp3) is 0.875. The molecule has 4 nitrogen and oxygen atoms in total. The minimum absolute atomic E-state index is 0.107. The summed E-state index contributed by atoms with van der Waals surface area (Å²) in [5.41, 5.74) is 5.84. The fourth-order valence-corrected chi connectivity index (χ4v) is 2.14. The molecule has 68 valence electrons. The third-order valence-electron chi connectivity index (χ3n) is 2.99. The number of hydrogen-bond donors (Lipinski definition) is 1. The molecule has 0 aromatic rings. The van der Waals surface area contributed by atoms with E-state index in [1.165, 1.54) is 0 Å². The van der Waals surface area contributed by atoms with Crippen LogP contribution in [0, 0.1) is 5.92 Å². The van der Waals surface area contributed by atoms with Crippen molar-refractivity contribution in [2.45, 2.75) is 18.5 Å². The van der Waals surface area contributed by atoms with E-state index in [0.717, 1.165) is 13.0 Å². The van der Waals surface area contributed by atoms with Gasteiger partial charge in [-0.25, -0.2) is 4.79 Å². The summed E-state index contributed by atoms with van der Waals surface area (Å²) in [5.74, 6) is 0.568. The van der Waals surface area contributed by atoms with E-state index >= 15 is 0 Å². The number of nitrogens with zero attached hydrogens (tertiary/aromatic N) is 2. The van der Waals surface area contributed by atoms with Crippen LogP contribution in [0.3, 0.4) is 0 Å². The highest BCUT2D eigenvalue weighted by Crippen LogP contribution is 2.39. The van der Waals surface area contributed by atoms with E-state index in [1.807, 2.05) is 4.90 Å². The molecule has 2 amide bonds. The minimum Gasteiger partial charge on any atom is -0.331 e. The molecule has 2 saturated heterocycles. The number of rotatable bonds is 0. The van der Waals surface area contributed by atoms with E-state index < -0.39 is 0 Å². The standard InChI is InChI=1S/C8H15N3O/c1-10(2)8(12)11-4-5-3-6(11)7(5)9/h5-7H,3-4,9H2,1-2H3. The van der Waals surface area contributed by atoms with Crippen molar-refractivity contribution in [3.05, 3.63) is 0 Å². The first-order chi connectivity index (χ1) is 5.61. The van der Waals surface area contributed by atoms with E-state index in [4.69, 9.17) is 5.73 Å². The van der Waals surface area contributed by atoms with Crippen LogP contribution >= 0.6 is 0 Å². The summed E-state index contributed by atoms with van der Waals surface area (Å²) < 4.78 is 0. The molecule has 1 aliphatic carbocycles. The van der Waals surface area contributed by atoms with Gasteiger partial charge in [0, 0.05) is 32.7 Å². The molecule has 2 heterocycles. The fourth-order valence-electron chi connectivity index (χ4n) is 2.14. The first-order valence-corrected chi connectivity index (χ1v) is 4.34. The van der Waals surface area contributed by atoms with Crippen molar-refractivity contribution in [3.63, 3.8) is 0 Å². The van der Waals surface area contributed by atoms with Crippen LogP contribution < -0.4 is 5.73 Å². The number of carbonyl (C=O) groups excluding carboxylic acids is 1. The van der Waals surface area contributed by atoms with Crippen molar-refractivity contribution in [2.75, 3.05) is 20.6 Å². The third kappa shape index (κ3) is 0.843. The van der Waals surface area contributed by atoms with Gasteiger partial charge in [-0.1, -0.05) is 0 Å². The summed E-state index contributed by atoms with van der Waals surface area (Å²) in [6.45, 7) is 0.864. The Morgan fingerprint density at radius 2 is 2.25 bits per heavy atom. The Bertz CT molecular complexity index is 216. The van der Waals surface area contributed by atoms with Crippen LogP contribution in [0.15, 0.2) is 0 Å². The maximum atomic E-state index is 11.5. The number of fused-ring (bicyclic) bond motifs is 1. The van der Waals surface area contributed by atoms with Crippen molar-refractivity contribution >= 4 is 6.03 Å². The third-order valence-corrected chi connectivity index (χ3v) is 2.99. The number of nitrogens with two attached hydrogens (primary N) is 1.